The topological polar surface area (TPSA) is 76.4 Å². The maximum Gasteiger partial charge on any atom is 0.270 e. The maximum absolute atomic E-state index is 12.5. The van der Waals surface area contributed by atoms with Crippen LogP contribution in [0.2, 0.25) is 0 Å². The maximum atomic E-state index is 12.5. The summed E-state index contributed by atoms with van der Waals surface area (Å²) in [5.41, 5.74) is 3.55. The summed E-state index contributed by atoms with van der Waals surface area (Å²) in [6.07, 6.45) is 2.94. The van der Waals surface area contributed by atoms with E-state index < -0.39 is 5.91 Å². The highest BCUT2D eigenvalue weighted by atomic mass is 32.1. The number of fused-ring (bicyclic) bond motifs is 1. The van der Waals surface area contributed by atoms with Crippen molar-refractivity contribution in [3.8, 4) is 0 Å². The Labute approximate surface area is 136 Å². The lowest BCUT2D eigenvalue weighted by molar-refractivity contribution is 0.102. The summed E-state index contributed by atoms with van der Waals surface area (Å²) in [5.74, 6) is -0.278. The van der Waals surface area contributed by atoms with E-state index in [1.807, 2.05) is 26.8 Å². The number of carbonyl (C=O) groups excluding carboxylic acids is 1. The zero-order valence-corrected chi connectivity index (χ0v) is 13.8. The number of amides is 1. The smallest absolute Gasteiger partial charge is 0.270 e. The van der Waals surface area contributed by atoms with Crippen LogP contribution in [0.5, 0.6) is 0 Å². The molecule has 3 aromatic heterocycles. The number of thiazole rings is 1. The molecule has 0 atom stereocenters. The number of hydrogen-bond donors (Lipinski definition) is 1. The summed E-state index contributed by atoms with van der Waals surface area (Å²) >= 11 is 1.34. The van der Waals surface area contributed by atoms with Crippen molar-refractivity contribution in [2.75, 3.05) is 5.32 Å². The van der Waals surface area contributed by atoms with Gasteiger partial charge >= 0.3 is 0 Å². The third kappa shape index (κ3) is 2.75. The van der Waals surface area contributed by atoms with E-state index in [4.69, 9.17) is 0 Å². The van der Waals surface area contributed by atoms with Crippen LogP contribution >= 0.6 is 11.3 Å². The van der Waals surface area contributed by atoms with Crippen LogP contribution in [0.15, 0.2) is 34.8 Å². The molecule has 0 bridgehead atoms. The van der Waals surface area contributed by atoms with Gasteiger partial charge in [-0.05, 0) is 24.5 Å². The van der Waals surface area contributed by atoms with E-state index in [9.17, 15) is 9.59 Å². The number of rotatable bonds is 3. The minimum Gasteiger partial charge on any atom is -0.312 e. The van der Waals surface area contributed by atoms with Crippen molar-refractivity contribution >= 4 is 27.9 Å². The molecule has 1 N–H and O–H groups in total. The summed E-state index contributed by atoms with van der Waals surface area (Å²) in [6.45, 7) is 5.87. The average Bonchev–Trinajstić information content (AvgIpc) is 2.96. The van der Waals surface area contributed by atoms with Gasteiger partial charge in [-0.25, -0.2) is 9.97 Å². The molecular formula is C16H16N4O2S. The summed E-state index contributed by atoms with van der Waals surface area (Å²) in [6, 6.07) is 3.63. The lowest BCUT2D eigenvalue weighted by Gasteiger charge is -2.08. The summed E-state index contributed by atoms with van der Waals surface area (Å²) in [5, 5.41) is 3.44. The number of aromatic nitrogens is 3. The molecule has 6 nitrogen and oxygen atoms in total. The molecule has 3 rings (SSSR count). The molecule has 0 saturated carbocycles. The van der Waals surface area contributed by atoms with Crippen molar-refractivity contribution in [2.45, 2.75) is 26.7 Å². The molecule has 0 aromatic carbocycles. The highest BCUT2D eigenvalue weighted by molar-refractivity contribution is 7.14. The fourth-order valence-corrected chi connectivity index (χ4v) is 3.17. The van der Waals surface area contributed by atoms with E-state index in [2.05, 4.69) is 15.3 Å². The molecule has 118 valence electrons. The van der Waals surface area contributed by atoms with Gasteiger partial charge in [0.25, 0.3) is 11.5 Å². The first-order valence-electron chi connectivity index (χ1n) is 7.20. The Balaban J connectivity index is 2.00. The standard InChI is InChI=1S/C16H16N4O2S/c1-9(2)12-15(23-8-18-12)19-14(21)11-7-17-13-10(3)5-4-6-20(13)16(11)22/h4-9H,1-3H3,(H,19,21). The monoisotopic (exact) mass is 328 g/mol. The van der Waals surface area contributed by atoms with Crippen LogP contribution < -0.4 is 10.9 Å². The quantitative estimate of drug-likeness (QED) is 0.802. The van der Waals surface area contributed by atoms with Gasteiger partial charge in [0.05, 0.1) is 11.2 Å². The molecule has 0 aliphatic heterocycles. The molecule has 3 aromatic rings. The Morgan fingerprint density at radius 3 is 2.87 bits per heavy atom. The largest absolute Gasteiger partial charge is 0.312 e. The Bertz CT molecular complexity index is 943. The van der Waals surface area contributed by atoms with Gasteiger partial charge in [0.1, 0.15) is 16.2 Å². The Morgan fingerprint density at radius 1 is 1.35 bits per heavy atom. The predicted octanol–water partition coefficient (Wildman–Crippen LogP) is 2.84. The van der Waals surface area contributed by atoms with Crippen LogP contribution in [0.1, 0.15) is 41.4 Å². The van der Waals surface area contributed by atoms with Gasteiger partial charge in [0.2, 0.25) is 0 Å². The third-order valence-electron chi connectivity index (χ3n) is 3.54. The van der Waals surface area contributed by atoms with Crippen molar-refractivity contribution in [2.24, 2.45) is 0 Å². The molecule has 3 heterocycles. The lowest BCUT2D eigenvalue weighted by Crippen LogP contribution is -2.27. The van der Waals surface area contributed by atoms with E-state index in [1.165, 1.54) is 21.9 Å². The zero-order valence-electron chi connectivity index (χ0n) is 13.0. The van der Waals surface area contributed by atoms with Crippen LogP contribution in [0, 0.1) is 6.92 Å². The first-order valence-corrected chi connectivity index (χ1v) is 8.08. The SMILES string of the molecule is Cc1cccn2c(=O)c(C(=O)Nc3scnc3C(C)C)cnc12. The van der Waals surface area contributed by atoms with Crippen molar-refractivity contribution in [1.29, 1.82) is 0 Å². The van der Waals surface area contributed by atoms with Crippen LogP contribution in [-0.4, -0.2) is 20.3 Å². The second-order valence-corrected chi connectivity index (χ2v) is 6.39. The molecule has 0 saturated heterocycles. The normalized spacial score (nSPS) is 11.1. The number of pyridine rings is 1. The van der Waals surface area contributed by atoms with Gasteiger partial charge in [0, 0.05) is 12.4 Å². The molecule has 0 aliphatic carbocycles. The number of nitrogens with one attached hydrogen (secondary N) is 1. The number of nitrogens with zero attached hydrogens (tertiary/aromatic N) is 3. The second kappa shape index (κ2) is 5.92. The number of anilines is 1. The van der Waals surface area contributed by atoms with E-state index in [1.54, 1.807) is 17.8 Å². The van der Waals surface area contributed by atoms with E-state index in [0.717, 1.165) is 11.3 Å². The summed E-state index contributed by atoms with van der Waals surface area (Å²) < 4.78 is 1.39. The zero-order chi connectivity index (χ0) is 16.6. The fourth-order valence-electron chi connectivity index (χ4n) is 2.33. The molecule has 0 fully saturated rings. The van der Waals surface area contributed by atoms with E-state index >= 15 is 0 Å². The van der Waals surface area contributed by atoms with Crippen molar-refractivity contribution in [3.63, 3.8) is 0 Å². The second-order valence-electron chi connectivity index (χ2n) is 5.54. The molecular weight excluding hydrogens is 312 g/mol. The minimum atomic E-state index is -0.468. The molecule has 0 radical (unpaired) electrons. The minimum absolute atomic E-state index is 0.0104. The lowest BCUT2D eigenvalue weighted by atomic mass is 10.1. The van der Waals surface area contributed by atoms with Gasteiger partial charge in [0.15, 0.2) is 0 Å². The van der Waals surface area contributed by atoms with Crippen LogP contribution in [0.4, 0.5) is 5.00 Å². The van der Waals surface area contributed by atoms with Crippen molar-refractivity contribution < 1.29 is 4.79 Å². The predicted molar refractivity (Wildman–Crippen MR) is 90.4 cm³/mol. The van der Waals surface area contributed by atoms with Crippen LogP contribution in [0.25, 0.3) is 5.65 Å². The van der Waals surface area contributed by atoms with Gasteiger partial charge in [-0.3, -0.25) is 14.0 Å². The Morgan fingerprint density at radius 2 is 2.13 bits per heavy atom. The van der Waals surface area contributed by atoms with Gasteiger partial charge in [-0.15, -0.1) is 11.3 Å². The van der Waals surface area contributed by atoms with Gasteiger partial charge in [-0.2, -0.15) is 0 Å². The molecule has 1 amide bonds. The number of hydrogen-bond acceptors (Lipinski definition) is 5. The summed E-state index contributed by atoms with van der Waals surface area (Å²) in [4.78, 5) is 33.5. The number of aryl methyl sites for hydroxylation is 1. The average molecular weight is 328 g/mol. The molecule has 23 heavy (non-hydrogen) atoms. The van der Waals surface area contributed by atoms with Crippen LogP contribution in [-0.2, 0) is 0 Å². The highest BCUT2D eigenvalue weighted by Crippen LogP contribution is 2.27. The van der Waals surface area contributed by atoms with Crippen molar-refractivity contribution in [3.05, 3.63) is 57.2 Å². The molecule has 0 unspecified atom stereocenters. The van der Waals surface area contributed by atoms with Gasteiger partial charge < -0.3 is 5.32 Å². The Hall–Kier alpha value is -2.54. The molecule has 7 heteroatoms. The number of carbonyl (C=O) groups is 1. The van der Waals surface area contributed by atoms with E-state index in [-0.39, 0.29) is 17.0 Å². The van der Waals surface area contributed by atoms with E-state index in [0.29, 0.717) is 10.6 Å². The van der Waals surface area contributed by atoms with Crippen LogP contribution in [0.3, 0.4) is 0 Å². The molecule has 0 spiro atoms. The third-order valence-corrected chi connectivity index (χ3v) is 4.30. The first kappa shape index (κ1) is 15.4. The van der Waals surface area contributed by atoms with Gasteiger partial charge in [-0.1, -0.05) is 19.9 Å². The molecule has 0 aliphatic rings. The van der Waals surface area contributed by atoms with Crippen molar-refractivity contribution in [1.82, 2.24) is 14.4 Å². The fraction of sp³-hybridized carbons (Fsp3) is 0.250. The summed E-state index contributed by atoms with van der Waals surface area (Å²) in [7, 11) is 0. The Kier molecular flexibility index (Phi) is 3.96. The first-order chi connectivity index (χ1) is 11.0. The highest BCUT2D eigenvalue weighted by Gasteiger charge is 2.17.